The number of phenolic OH excluding ortho intramolecular Hbond substituents is 1. The summed E-state index contributed by atoms with van der Waals surface area (Å²) in [6.07, 6.45) is 0. The lowest BCUT2D eigenvalue weighted by Gasteiger charge is -2.08. The summed E-state index contributed by atoms with van der Waals surface area (Å²) in [5, 5.41) is 12.0. The predicted molar refractivity (Wildman–Crippen MR) is 86.1 cm³/mol. The number of halogens is 2. The van der Waals surface area contributed by atoms with Gasteiger partial charge in [0.2, 0.25) is 0 Å². The molecule has 1 amide bonds. The van der Waals surface area contributed by atoms with Crippen LogP contribution in [0.25, 0.3) is 0 Å². The van der Waals surface area contributed by atoms with Gasteiger partial charge in [-0.3, -0.25) is 4.79 Å². The number of anilines is 1. The van der Waals surface area contributed by atoms with Crippen molar-refractivity contribution in [3.8, 4) is 5.75 Å². The van der Waals surface area contributed by atoms with Crippen LogP contribution < -0.4 is 5.32 Å². The summed E-state index contributed by atoms with van der Waals surface area (Å²) in [4.78, 5) is 23.4. The van der Waals surface area contributed by atoms with E-state index in [1.54, 1.807) is 6.07 Å². The van der Waals surface area contributed by atoms with Crippen LogP contribution in [-0.4, -0.2) is 23.6 Å². The van der Waals surface area contributed by atoms with Crippen LogP contribution in [0.5, 0.6) is 5.75 Å². The van der Waals surface area contributed by atoms with Gasteiger partial charge in [-0.05, 0) is 65.1 Å². The maximum absolute atomic E-state index is 12.7. The van der Waals surface area contributed by atoms with Crippen LogP contribution in [0, 0.1) is 9.39 Å². The molecule has 2 N–H and O–H groups in total. The standard InChI is InChI=1S/C15H11FINO4/c16-9-1-4-11(5-2-9)18-14(20)8-22-15(21)12-7-10(17)3-6-13(12)19/h1-7,19H,8H2,(H,18,20). The van der Waals surface area contributed by atoms with Crippen LogP contribution in [0.2, 0.25) is 0 Å². The van der Waals surface area contributed by atoms with Gasteiger partial charge in [0.1, 0.15) is 17.1 Å². The Balaban J connectivity index is 1.91. The highest BCUT2D eigenvalue weighted by atomic mass is 127. The molecule has 0 aliphatic carbocycles. The van der Waals surface area contributed by atoms with E-state index in [4.69, 9.17) is 4.74 Å². The van der Waals surface area contributed by atoms with Crippen molar-refractivity contribution in [2.24, 2.45) is 0 Å². The van der Waals surface area contributed by atoms with Crippen LogP contribution in [0.15, 0.2) is 42.5 Å². The highest BCUT2D eigenvalue weighted by Crippen LogP contribution is 2.20. The second kappa shape index (κ2) is 7.21. The summed E-state index contributed by atoms with van der Waals surface area (Å²) in [7, 11) is 0. The molecule has 0 atom stereocenters. The van der Waals surface area contributed by atoms with Crippen molar-refractivity contribution in [2.75, 3.05) is 11.9 Å². The topological polar surface area (TPSA) is 75.6 Å². The summed E-state index contributed by atoms with van der Waals surface area (Å²) in [5.41, 5.74) is 0.376. The molecule has 0 radical (unpaired) electrons. The summed E-state index contributed by atoms with van der Waals surface area (Å²) >= 11 is 1.99. The van der Waals surface area contributed by atoms with Crippen LogP contribution in [0.3, 0.4) is 0 Å². The molecule has 22 heavy (non-hydrogen) atoms. The number of amides is 1. The summed E-state index contributed by atoms with van der Waals surface area (Å²) in [5.74, 6) is -2.00. The third kappa shape index (κ3) is 4.42. The average Bonchev–Trinajstić information content (AvgIpc) is 2.49. The Labute approximate surface area is 139 Å². The fourth-order valence-electron chi connectivity index (χ4n) is 1.61. The highest BCUT2D eigenvalue weighted by Gasteiger charge is 2.15. The molecule has 0 bridgehead atoms. The van der Waals surface area contributed by atoms with Gasteiger partial charge in [-0.15, -0.1) is 0 Å². The van der Waals surface area contributed by atoms with E-state index in [9.17, 15) is 19.1 Å². The lowest BCUT2D eigenvalue weighted by Crippen LogP contribution is -2.21. The number of aromatic hydroxyl groups is 1. The molecule has 2 rings (SSSR count). The second-order valence-corrected chi connectivity index (χ2v) is 5.54. The minimum atomic E-state index is -0.801. The molecule has 0 saturated heterocycles. The van der Waals surface area contributed by atoms with Gasteiger partial charge < -0.3 is 15.2 Å². The molecular weight excluding hydrogens is 404 g/mol. The third-order valence-electron chi connectivity index (χ3n) is 2.64. The Hall–Kier alpha value is -2.16. The molecule has 0 aromatic heterocycles. The fraction of sp³-hybridized carbons (Fsp3) is 0.0667. The average molecular weight is 415 g/mol. The Bertz CT molecular complexity index is 703. The lowest BCUT2D eigenvalue weighted by atomic mass is 10.2. The van der Waals surface area contributed by atoms with Crippen LogP contribution in [0.4, 0.5) is 10.1 Å². The van der Waals surface area contributed by atoms with Crippen molar-refractivity contribution < 1.29 is 23.8 Å². The van der Waals surface area contributed by atoms with E-state index in [0.29, 0.717) is 5.69 Å². The molecule has 0 saturated carbocycles. The monoisotopic (exact) mass is 415 g/mol. The van der Waals surface area contributed by atoms with Gasteiger partial charge in [0.15, 0.2) is 6.61 Å². The minimum Gasteiger partial charge on any atom is -0.507 e. The Morgan fingerprint density at radius 3 is 2.55 bits per heavy atom. The van der Waals surface area contributed by atoms with Gasteiger partial charge in [0.05, 0.1) is 0 Å². The van der Waals surface area contributed by atoms with E-state index >= 15 is 0 Å². The van der Waals surface area contributed by atoms with Gasteiger partial charge in [-0.2, -0.15) is 0 Å². The number of hydrogen-bond donors (Lipinski definition) is 2. The Kier molecular flexibility index (Phi) is 5.31. The summed E-state index contributed by atoms with van der Waals surface area (Å²) < 4.78 is 18.3. The third-order valence-corrected chi connectivity index (χ3v) is 3.31. The van der Waals surface area contributed by atoms with Crippen molar-refractivity contribution in [3.63, 3.8) is 0 Å². The van der Waals surface area contributed by atoms with Gasteiger partial charge in [-0.1, -0.05) is 0 Å². The number of esters is 1. The smallest absolute Gasteiger partial charge is 0.342 e. The molecule has 2 aromatic carbocycles. The van der Waals surface area contributed by atoms with Gasteiger partial charge in [0.25, 0.3) is 5.91 Å². The zero-order chi connectivity index (χ0) is 16.1. The first-order valence-corrected chi connectivity index (χ1v) is 7.24. The zero-order valence-electron chi connectivity index (χ0n) is 11.2. The van der Waals surface area contributed by atoms with Crippen molar-refractivity contribution in [2.45, 2.75) is 0 Å². The number of carbonyl (C=O) groups excluding carboxylic acids is 2. The number of hydrogen-bond acceptors (Lipinski definition) is 4. The van der Waals surface area contributed by atoms with Crippen LogP contribution in [-0.2, 0) is 9.53 Å². The molecular formula is C15H11FINO4. The molecule has 0 unspecified atom stereocenters. The largest absolute Gasteiger partial charge is 0.507 e. The zero-order valence-corrected chi connectivity index (χ0v) is 13.3. The molecule has 7 heteroatoms. The quantitative estimate of drug-likeness (QED) is 0.595. The molecule has 0 fully saturated rings. The first-order valence-electron chi connectivity index (χ1n) is 6.17. The molecule has 0 aliphatic rings. The molecule has 0 heterocycles. The maximum Gasteiger partial charge on any atom is 0.342 e. The number of nitrogens with one attached hydrogen (secondary N) is 1. The first-order chi connectivity index (χ1) is 10.5. The predicted octanol–water partition coefficient (Wildman–Crippen LogP) is 2.93. The van der Waals surface area contributed by atoms with E-state index < -0.39 is 24.3 Å². The highest BCUT2D eigenvalue weighted by molar-refractivity contribution is 14.1. The summed E-state index contributed by atoms with van der Waals surface area (Å²) in [6, 6.07) is 9.64. The van der Waals surface area contributed by atoms with E-state index in [1.165, 1.54) is 36.4 Å². The maximum atomic E-state index is 12.7. The van der Waals surface area contributed by atoms with E-state index in [2.05, 4.69) is 5.32 Å². The molecule has 0 aliphatic heterocycles. The number of carbonyl (C=O) groups is 2. The number of phenols is 1. The van der Waals surface area contributed by atoms with E-state index in [-0.39, 0.29) is 11.3 Å². The van der Waals surface area contributed by atoms with Gasteiger partial charge >= 0.3 is 5.97 Å². The van der Waals surface area contributed by atoms with Crippen molar-refractivity contribution >= 4 is 40.2 Å². The number of rotatable bonds is 4. The SMILES string of the molecule is O=C(COC(=O)c1cc(I)ccc1O)Nc1ccc(F)cc1. The first kappa shape index (κ1) is 16.2. The van der Waals surface area contributed by atoms with Gasteiger partial charge in [-0.25, -0.2) is 9.18 Å². The van der Waals surface area contributed by atoms with Crippen LogP contribution >= 0.6 is 22.6 Å². The second-order valence-electron chi connectivity index (χ2n) is 4.29. The minimum absolute atomic E-state index is 0.0125. The fourth-order valence-corrected chi connectivity index (χ4v) is 2.10. The molecule has 2 aromatic rings. The summed E-state index contributed by atoms with van der Waals surface area (Å²) in [6.45, 7) is -0.513. The Morgan fingerprint density at radius 2 is 1.86 bits per heavy atom. The normalized spacial score (nSPS) is 10.1. The molecule has 5 nitrogen and oxygen atoms in total. The van der Waals surface area contributed by atoms with E-state index in [0.717, 1.165) is 3.57 Å². The number of benzene rings is 2. The molecule has 0 spiro atoms. The van der Waals surface area contributed by atoms with Crippen molar-refractivity contribution in [1.29, 1.82) is 0 Å². The van der Waals surface area contributed by atoms with Crippen molar-refractivity contribution in [1.82, 2.24) is 0 Å². The lowest BCUT2D eigenvalue weighted by molar-refractivity contribution is -0.119. The van der Waals surface area contributed by atoms with E-state index in [1.807, 2.05) is 22.6 Å². The Morgan fingerprint density at radius 1 is 1.18 bits per heavy atom. The molecule has 114 valence electrons. The van der Waals surface area contributed by atoms with Gasteiger partial charge in [0, 0.05) is 9.26 Å². The van der Waals surface area contributed by atoms with Crippen LogP contribution in [0.1, 0.15) is 10.4 Å². The van der Waals surface area contributed by atoms with Crippen molar-refractivity contribution in [3.05, 3.63) is 57.4 Å². The number of ether oxygens (including phenoxy) is 1.